The van der Waals surface area contributed by atoms with Crippen molar-refractivity contribution < 1.29 is 14.3 Å². The van der Waals surface area contributed by atoms with Crippen LogP contribution >= 0.6 is 0 Å². The molecule has 0 radical (unpaired) electrons. The molecule has 0 N–H and O–H groups in total. The van der Waals surface area contributed by atoms with Crippen molar-refractivity contribution in [2.24, 2.45) is 17.8 Å². The second-order valence-electron chi connectivity index (χ2n) is 7.36. The maximum Gasteiger partial charge on any atom is 0.309 e. The summed E-state index contributed by atoms with van der Waals surface area (Å²) in [5, 5.41) is 0. The first-order valence-electron chi connectivity index (χ1n) is 9.43. The van der Waals surface area contributed by atoms with Gasteiger partial charge in [-0.1, -0.05) is 76.2 Å². The van der Waals surface area contributed by atoms with Gasteiger partial charge in [-0.3, -0.25) is 4.79 Å². The highest BCUT2D eigenvalue weighted by atomic mass is 16.6. The molecule has 26 heavy (non-hydrogen) atoms. The van der Waals surface area contributed by atoms with Crippen molar-refractivity contribution in [3.8, 4) is 16.9 Å². The van der Waals surface area contributed by atoms with Crippen LogP contribution < -0.4 is 4.74 Å². The Labute approximate surface area is 157 Å². The first-order valence-corrected chi connectivity index (χ1v) is 9.43. The SMILES string of the molecule is CC(C)CC(C(=O)OCCOc1ccccc1-c1ccccc1)C(C)C. The van der Waals surface area contributed by atoms with E-state index in [0.29, 0.717) is 12.5 Å². The number of para-hydroxylation sites is 1. The lowest BCUT2D eigenvalue weighted by Gasteiger charge is -2.21. The zero-order chi connectivity index (χ0) is 18.9. The molecule has 0 aliphatic carbocycles. The predicted molar refractivity (Wildman–Crippen MR) is 106 cm³/mol. The smallest absolute Gasteiger partial charge is 0.309 e. The molecule has 0 fully saturated rings. The second-order valence-corrected chi connectivity index (χ2v) is 7.36. The Morgan fingerprint density at radius 3 is 2.19 bits per heavy atom. The van der Waals surface area contributed by atoms with E-state index in [9.17, 15) is 4.79 Å². The molecule has 3 nitrogen and oxygen atoms in total. The van der Waals surface area contributed by atoms with Crippen LogP contribution in [-0.4, -0.2) is 19.2 Å². The molecule has 0 spiro atoms. The van der Waals surface area contributed by atoms with Gasteiger partial charge in [-0.25, -0.2) is 0 Å². The molecule has 0 saturated heterocycles. The van der Waals surface area contributed by atoms with Crippen molar-refractivity contribution in [1.29, 1.82) is 0 Å². The van der Waals surface area contributed by atoms with Gasteiger partial charge in [0, 0.05) is 5.56 Å². The van der Waals surface area contributed by atoms with Gasteiger partial charge in [-0.2, -0.15) is 0 Å². The third-order valence-electron chi connectivity index (χ3n) is 4.39. The Balaban J connectivity index is 1.90. The topological polar surface area (TPSA) is 35.5 Å². The van der Waals surface area contributed by atoms with Crippen LogP contribution in [0.5, 0.6) is 5.75 Å². The van der Waals surface area contributed by atoms with E-state index in [1.807, 2.05) is 42.5 Å². The van der Waals surface area contributed by atoms with Gasteiger partial charge >= 0.3 is 5.97 Å². The molecule has 1 atom stereocenters. The standard InChI is InChI=1S/C23H30O3/c1-17(2)16-21(18(3)4)23(24)26-15-14-25-22-13-9-8-12-20(22)19-10-6-5-7-11-19/h5-13,17-18,21H,14-16H2,1-4H3. The Hall–Kier alpha value is -2.29. The molecular formula is C23H30O3. The lowest BCUT2D eigenvalue weighted by Crippen LogP contribution is -2.26. The van der Waals surface area contributed by atoms with E-state index in [4.69, 9.17) is 9.47 Å². The number of carbonyl (C=O) groups excluding carboxylic acids is 1. The fourth-order valence-electron chi connectivity index (χ4n) is 3.00. The van der Waals surface area contributed by atoms with Crippen LogP contribution in [0.1, 0.15) is 34.1 Å². The lowest BCUT2D eigenvalue weighted by molar-refractivity contribution is -0.151. The fraction of sp³-hybridized carbons (Fsp3) is 0.435. The highest BCUT2D eigenvalue weighted by Gasteiger charge is 2.24. The van der Waals surface area contributed by atoms with Gasteiger partial charge in [-0.15, -0.1) is 0 Å². The highest BCUT2D eigenvalue weighted by molar-refractivity contribution is 5.72. The molecule has 0 saturated carbocycles. The number of hydrogen-bond acceptors (Lipinski definition) is 3. The molecule has 2 rings (SSSR count). The number of ether oxygens (including phenoxy) is 2. The van der Waals surface area contributed by atoms with Gasteiger partial charge in [-0.05, 0) is 29.9 Å². The summed E-state index contributed by atoms with van der Waals surface area (Å²) in [6, 6.07) is 18.0. The highest BCUT2D eigenvalue weighted by Crippen LogP contribution is 2.29. The van der Waals surface area contributed by atoms with Crippen molar-refractivity contribution in [1.82, 2.24) is 0 Å². The van der Waals surface area contributed by atoms with Crippen LogP contribution in [0.15, 0.2) is 54.6 Å². The Morgan fingerprint density at radius 1 is 0.885 bits per heavy atom. The van der Waals surface area contributed by atoms with Crippen molar-refractivity contribution in [2.45, 2.75) is 34.1 Å². The largest absolute Gasteiger partial charge is 0.489 e. The number of rotatable bonds is 9. The van der Waals surface area contributed by atoms with E-state index in [2.05, 4.69) is 39.8 Å². The predicted octanol–water partition coefficient (Wildman–Crippen LogP) is 5.59. The van der Waals surface area contributed by atoms with Crippen LogP contribution in [0.2, 0.25) is 0 Å². The summed E-state index contributed by atoms with van der Waals surface area (Å²) in [6.45, 7) is 9.02. The first-order chi connectivity index (χ1) is 12.5. The molecule has 0 amide bonds. The molecule has 140 valence electrons. The van der Waals surface area contributed by atoms with E-state index in [1.54, 1.807) is 0 Å². The molecule has 2 aromatic rings. The first kappa shape index (κ1) is 20.0. The number of benzene rings is 2. The summed E-state index contributed by atoms with van der Waals surface area (Å²) in [4.78, 5) is 12.3. The molecular weight excluding hydrogens is 324 g/mol. The summed E-state index contributed by atoms with van der Waals surface area (Å²) in [7, 11) is 0. The summed E-state index contributed by atoms with van der Waals surface area (Å²) < 4.78 is 11.4. The molecule has 0 bridgehead atoms. The second kappa shape index (κ2) is 10.0. The zero-order valence-electron chi connectivity index (χ0n) is 16.3. The van der Waals surface area contributed by atoms with Crippen molar-refractivity contribution in [3.63, 3.8) is 0 Å². The van der Waals surface area contributed by atoms with Crippen LogP contribution in [0.3, 0.4) is 0 Å². The van der Waals surface area contributed by atoms with Crippen molar-refractivity contribution in [2.75, 3.05) is 13.2 Å². The number of esters is 1. The van der Waals surface area contributed by atoms with Gasteiger partial charge < -0.3 is 9.47 Å². The van der Waals surface area contributed by atoms with Gasteiger partial charge in [0.2, 0.25) is 0 Å². The molecule has 0 heterocycles. The molecule has 3 heteroatoms. The zero-order valence-corrected chi connectivity index (χ0v) is 16.3. The van der Waals surface area contributed by atoms with Gasteiger partial charge in [0.15, 0.2) is 0 Å². The monoisotopic (exact) mass is 354 g/mol. The minimum atomic E-state index is -0.117. The minimum absolute atomic E-state index is 0.0494. The van der Waals surface area contributed by atoms with Crippen molar-refractivity contribution in [3.05, 3.63) is 54.6 Å². The summed E-state index contributed by atoms with van der Waals surface area (Å²) in [5.74, 6) is 1.39. The maximum absolute atomic E-state index is 12.3. The van der Waals surface area contributed by atoms with E-state index in [1.165, 1.54) is 0 Å². The maximum atomic E-state index is 12.3. The fourth-order valence-corrected chi connectivity index (χ4v) is 3.00. The van der Waals surface area contributed by atoms with Crippen LogP contribution in [-0.2, 0) is 9.53 Å². The van der Waals surface area contributed by atoms with Crippen molar-refractivity contribution >= 4 is 5.97 Å². The summed E-state index contributed by atoms with van der Waals surface area (Å²) >= 11 is 0. The molecule has 0 aromatic heterocycles. The quantitative estimate of drug-likeness (QED) is 0.435. The van der Waals surface area contributed by atoms with Crippen LogP contribution in [0, 0.1) is 17.8 Å². The lowest BCUT2D eigenvalue weighted by atomic mass is 9.88. The van der Waals surface area contributed by atoms with E-state index in [0.717, 1.165) is 23.3 Å². The Morgan fingerprint density at radius 2 is 1.54 bits per heavy atom. The number of hydrogen-bond donors (Lipinski definition) is 0. The molecule has 0 aliphatic rings. The Bertz CT molecular complexity index is 677. The normalized spacial score (nSPS) is 12.2. The average molecular weight is 354 g/mol. The van der Waals surface area contributed by atoms with Gasteiger partial charge in [0.25, 0.3) is 0 Å². The molecule has 2 aromatic carbocycles. The third-order valence-corrected chi connectivity index (χ3v) is 4.39. The van der Waals surface area contributed by atoms with Crippen LogP contribution in [0.25, 0.3) is 11.1 Å². The molecule has 1 unspecified atom stereocenters. The van der Waals surface area contributed by atoms with E-state index >= 15 is 0 Å². The van der Waals surface area contributed by atoms with Gasteiger partial charge in [0.1, 0.15) is 19.0 Å². The average Bonchev–Trinajstić information content (AvgIpc) is 2.64. The minimum Gasteiger partial charge on any atom is -0.489 e. The van der Waals surface area contributed by atoms with E-state index in [-0.39, 0.29) is 24.4 Å². The number of carbonyl (C=O) groups is 1. The Kier molecular flexibility index (Phi) is 7.71. The van der Waals surface area contributed by atoms with Crippen LogP contribution in [0.4, 0.5) is 0 Å². The summed E-state index contributed by atoms with van der Waals surface area (Å²) in [6.07, 6.45) is 0.855. The van der Waals surface area contributed by atoms with Gasteiger partial charge in [0.05, 0.1) is 5.92 Å². The summed E-state index contributed by atoms with van der Waals surface area (Å²) in [5.41, 5.74) is 2.15. The van der Waals surface area contributed by atoms with E-state index < -0.39 is 0 Å². The third kappa shape index (κ3) is 5.91. The molecule has 0 aliphatic heterocycles.